The summed E-state index contributed by atoms with van der Waals surface area (Å²) in [5.74, 6) is 0.758. The zero-order valence-electron chi connectivity index (χ0n) is 12.3. The van der Waals surface area contributed by atoms with Crippen LogP contribution in [0.5, 0.6) is 0 Å². The third-order valence-corrected chi connectivity index (χ3v) is 3.46. The molecule has 0 aliphatic heterocycles. The number of nitrogens with zero attached hydrogens (tertiary/aromatic N) is 1. The SMILES string of the molecule is CCCN(C(=O)[C@@H](C)N)C(C)c1cc2ccccc2o1. The fourth-order valence-corrected chi connectivity index (χ4v) is 2.36. The summed E-state index contributed by atoms with van der Waals surface area (Å²) in [5, 5.41) is 1.05. The van der Waals surface area contributed by atoms with Crippen LogP contribution < -0.4 is 5.73 Å². The monoisotopic (exact) mass is 274 g/mol. The number of amides is 1. The molecule has 2 N–H and O–H groups in total. The van der Waals surface area contributed by atoms with Gasteiger partial charge in [0.15, 0.2) is 0 Å². The summed E-state index contributed by atoms with van der Waals surface area (Å²) in [7, 11) is 0. The largest absolute Gasteiger partial charge is 0.459 e. The lowest BCUT2D eigenvalue weighted by atomic mass is 10.1. The molecular weight excluding hydrogens is 252 g/mol. The first-order chi connectivity index (χ1) is 9.54. The minimum Gasteiger partial charge on any atom is -0.459 e. The standard InChI is InChI=1S/C16H22N2O2/c1-4-9-18(16(19)11(2)17)12(3)15-10-13-7-5-6-8-14(13)20-15/h5-8,10-12H,4,9,17H2,1-3H3/t11-,12?/m1/s1. The molecule has 0 radical (unpaired) electrons. The molecule has 0 saturated carbocycles. The molecule has 1 unspecified atom stereocenters. The van der Waals surface area contributed by atoms with Crippen molar-refractivity contribution in [3.05, 3.63) is 36.1 Å². The Morgan fingerprint density at radius 2 is 2.05 bits per heavy atom. The maximum atomic E-state index is 12.2. The lowest BCUT2D eigenvalue weighted by Crippen LogP contribution is -2.43. The van der Waals surface area contributed by atoms with Gasteiger partial charge in [-0.1, -0.05) is 25.1 Å². The van der Waals surface area contributed by atoms with Crippen LogP contribution in [0.25, 0.3) is 11.0 Å². The summed E-state index contributed by atoms with van der Waals surface area (Å²) in [4.78, 5) is 14.0. The quantitative estimate of drug-likeness (QED) is 0.911. The molecule has 108 valence electrons. The van der Waals surface area contributed by atoms with Crippen LogP contribution in [0.2, 0.25) is 0 Å². The maximum absolute atomic E-state index is 12.2. The number of hydrogen-bond donors (Lipinski definition) is 1. The van der Waals surface area contributed by atoms with Crippen molar-refractivity contribution in [3.8, 4) is 0 Å². The molecule has 0 saturated heterocycles. The molecule has 2 rings (SSSR count). The van der Waals surface area contributed by atoms with Gasteiger partial charge in [-0.2, -0.15) is 0 Å². The van der Waals surface area contributed by atoms with Gasteiger partial charge >= 0.3 is 0 Å². The van der Waals surface area contributed by atoms with Gasteiger partial charge in [0.05, 0.1) is 12.1 Å². The topological polar surface area (TPSA) is 59.5 Å². The van der Waals surface area contributed by atoms with Crippen LogP contribution in [-0.2, 0) is 4.79 Å². The summed E-state index contributed by atoms with van der Waals surface area (Å²) < 4.78 is 5.85. The average Bonchev–Trinajstić information content (AvgIpc) is 2.87. The molecule has 4 heteroatoms. The van der Waals surface area contributed by atoms with Gasteiger partial charge in [-0.3, -0.25) is 4.79 Å². The van der Waals surface area contributed by atoms with Crippen molar-refractivity contribution in [2.75, 3.05) is 6.54 Å². The van der Waals surface area contributed by atoms with E-state index in [4.69, 9.17) is 10.2 Å². The number of hydrogen-bond acceptors (Lipinski definition) is 3. The number of nitrogens with two attached hydrogens (primary N) is 1. The summed E-state index contributed by atoms with van der Waals surface area (Å²) in [5.41, 5.74) is 6.58. The Hall–Kier alpha value is -1.81. The predicted molar refractivity (Wildman–Crippen MR) is 80.3 cm³/mol. The van der Waals surface area contributed by atoms with Crippen LogP contribution >= 0.6 is 0 Å². The summed E-state index contributed by atoms with van der Waals surface area (Å²) in [6.45, 7) is 6.43. The average molecular weight is 274 g/mol. The van der Waals surface area contributed by atoms with Crippen molar-refractivity contribution in [3.63, 3.8) is 0 Å². The number of furan rings is 1. The molecule has 1 heterocycles. The highest BCUT2D eigenvalue weighted by atomic mass is 16.3. The summed E-state index contributed by atoms with van der Waals surface area (Å²) >= 11 is 0. The molecule has 4 nitrogen and oxygen atoms in total. The molecule has 1 aromatic heterocycles. The van der Waals surface area contributed by atoms with Crippen LogP contribution in [-0.4, -0.2) is 23.4 Å². The van der Waals surface area contributed by atoms with Crippen molar-refractivity contribution in [1.29, 1.82) is 0 Å². The van der Waals surface area contributed by atoms with Crippen molar-refractivity contribution < 1.29 is 9.21 Å². The molecule has 2 atom stereocenters. The van der Waals surface area contributed by atoms with Gasteiger partial charge in [0, 0.05) is 11.9 Å². The number of rotatable bonds is 5. The zero-order chi connectivity index (χ0) is 14.7. The van der Waals surface area contributed by atoms with Gasteiger partial charge in [0.1, 0.15) is 11.3 Å². The Bertz CT molecular complexity index is 556. The highest BCUT2D eigenvalue weighted by Gasteiger charge is 2.25. The van der Waals surface area contributed by atoms with Gasteiger partial charge in [-0.15, -0.1) is 0 Å². The number of carbonyl (C=O) groups excluding carboxylic acids is 1. The lowest BCUT2D eigenvalue weighted by Gasteiger charge is -2.29. The van der Waals surface area contributed by atoms with Gasteiger partial charge < -0.3 is 15.1 Å². The Balaban J connectivity index is 2.30. The van der Waals surface area contributed by atoms with Crippen molar-refractivity contribution in [2.24, 2.45) is 5.73 Å². The van der Waals surface area contributed by atoms with Gasteiger partial charge in [0.2, 0.25) is 5.91 Å². The maximum Gasteiger partial charge on any atom is 0.239 e. The predicted octanol–water partition coefficient (Wildman–Crippen LogP) is 3.08. The van der Waals surface area contributed by atoms with Crippen molar-refractivity contribution >= 4 is 16.9 Å². The van der Waals surface area contributed by atoms with E-state index < -0.39 is 6.04 Å². The Morgan fingerprint density at radius 1 is 1.35 bits per heavy atom. The van der Waals surface area contributed by atoms with E-state index in [1.165, 1.54) is 0 Å². The fraction of sp³-hybridized carbons (Fsp3) is 0.438. The number of para-hydroxylation sites is 1. The Kier molecular flexibility index (Phi) is 4.45. The highest BCUT2D eigenvalue weighted by Crippen LogP contribution is 2.27. The minimum absolute atomic E-state index is 0.0418. The molecular formula is C16H22N2O2. The smallest absolute Gasteiger partial charge is 0.239 e. The fourth-order valence-electron chi connectivity index (χ4n) is 2.36. The molecule has 0 bridgehead atoms. The van der Waals surface area contributed by atoms with E-state index >= 15 is 0 Å². The normalized spacial score (nSPS) is 14.2. The van der Waals surface area contributed by atoms with Gasteiger partial charge in [-0.25, -0.2) is 0 Å². The van der Waals surface area contributed by atoms with Crippen molar-refractivity contribution in [2.45, 2.75) is 39.3 Å². The molecule has 0 fully saturated rings. The molecule has 0 aliphatic carbocycles. The third-order valence-electron chi connectivity index (χ3n) is 3.46. The first-order valence-electron chi connectivity index (χ1n) is 7.09. The van der Waals surface area contributed by atoms with E-state index in [2.05, 4.69) is 0 Å². The van der Waals surface area contributed by atoms with Crippen LogP contribution in [0.15, 0.2) is 34.7 Å². The minimum atomic E-state index is -0.492. The van der Waals surface area contributed by atoms with E-state index in [1.807, 2.05) is 44.2 Å². The second-order valence-corrected chi connectivity index (χ2v) is 5.18. The van der Waals surface area contributed by atoms with Crippen LogP contribution in [0.3, 0.4) is 0 Å². The van der Waals surface area contributed by atoms with Crippen LogP contribution in [0, 0.1) is 0 Å². The highest BCUT2D eigenvalue weighted by molar-refractivity contribution is 5.82. The third kappa shape index (κ3) is 2.85. The number of carbonyl (C=O) groups is 1. The number of benzene rings is 1. The van der Waals surface area contributed by atoms with E-state index in [0.29, 0.717) is 6.54 Å². The van der Waals surface area contributed by atoms with Crippen LogP contribution in [0.1, 0.15) is 39.0 Å². The molecule has 20 heavy (non-hydrogen) atoms. The van der Waals surface area contributed by atoms with E-state index in [1.54, 1.807) is 11.8 Å². The summed E-state index contributed by atoms with van der Waals surface area (Å²) in [6.07, 6.45) is 0.892. The van der Waals surface area contributed by atoms with E-state index in [9.17, 15) is 4.79 Å². The molecule has 0 spiro atoms. The Labute approximate surface area is 119 Å². The van der Waals surface area contributed by atoms with Gasteiger partial charge in [0.25, 0.3) is 0 Å². The van der Waals surface area contributed by atoms with E-state index in [-0.39, 0.29) is 11.9 Å². The van der Waals surface area contributed by atoms with E-state index in [0.717, 1.165) is 23.2 Å². The summed E-state index contributed by atoms with van der Waals surface area (Å²) in [6, 6.07) is 9.25. The van der Waals surface area contributed by atoms with Gasteiger partial charge in [-0.05, 0) is 32.4 Å². The first kappa shape index (κ1) is 14.6. The number of fused-ring (bicyclic) bond motifs is 1. The second-order valence-electron chi connectivity index (χ2n) is 5.18. The van der Waals surface area contributed by atoms with Crippen molar-refractivity contribution in [1.82, 2.24) is 4.90 Å². The molecule has 2 aromatic rings. The first-order valence-corrected chi connectivity index (χ1v) is 7.09. The molecule has 1 aromatic carbocycles. The molecule has 1 amide bonds. The lowest BCUT2D eigenvalue weighted by molar-refractivity contribution is -0.134. The zero-order valence-corrected chi connectivity index (χ0v) is 12.3. The molecule has 0 aliphatic rings. The second kappa shape index (κ2) is 6.09. The van der Waals surface area contributed by atoms with Crippen LogP contribution in [0.4, 0.5) is 0 Å². The Morgan fingerprint density at radius 3 is 2.65 bits per heavy atom.